The maximum absolute atomic E-state index is 15.6. The van der Waals surface area contributed by atoms with Crippen LogP contribution >= 0.6 is 0 Å². The Balaban J connectivity index is 1.71. The highest BCUT2D eigenvalue weighted by Crippen LogP contribution is 2.37. The number of alkyl halides is 3. The van der Waals surface area contributed by atoms with E-state index in [4.69, 9.17) is 4.74 Å². The lowest BCUT2D eigenvalue weighted by molar-refractivity contribution is -0.138. The van der Waals surface area contributed by atoms with E-state index < -0.39 is 40.9 Å². The maximum Gasteiger partial charge on any atom is 0.417 e. The summed E-state index contributed by atoms with van der Waals surface area (Å²) in [5, 5.41) is 2.54. The Labute approximate surface area is 235 Å². The van der Waals surface area contributed by atoms with Gasteiger partial charge < -0.3 is 24.8 Å². The Morgan fingerprint density at radius 2 is 1.80 bits per heavy atom. The van der Waals surface area contributed by atoms with Gasteiger partial charge in [-0.1, -0.05) is 6.08 Å². The fraction of sp³-hybridized carbons (Fsp3) is 0.448. The van der Waals surface area contributed by atoms with Crippen molar-refractivity contribution < 1.29 is 36.3 Å². The second-order valence-electron chi connectivity index (χ2n) is 10.6. The lowest BCUT2D eigenvalue weighted by Crippen LogP contribution is -2.50. The monoisotopic (exact) mass is 580 g/mol. The number of benzene rings is 2. The molecular formula is C29H33F5N4O3. The molecule has 2 heterocycles. The lowest BCUT2D eigenvalue weighted by Gasteiger charge is -2.40. The zero-order chi connectivity index (χ0) is 30.1. The zero-order valence-corrected chi connectivity index (χ0v) is 23.3. The van der Waals surface area contributed by atoms with Crippen LogP contribution in [-0.2, 0) is 10.9 Å². The molecule has 1 fully saturated rings. The van der Waals surface area contributed by atoms with Crippen molar-refractivity contribution in [1.82, 2.24) is 9.80 Å². The van der Waals surface area contributed by atoms with Crippen LogP contribution in [0, 0.1) is 11.6 Å². The van der Waals surface area contributed by atoms with Gasteiger partial charge >= 0.3 is 12.3 Å². The van der Waals surface area contributed by atoms with E-state index in [0.717, 1.165) is 12.1 Å². The predicted molar refractivity (Wildman–Crippen MR) is 146 cm³/mol. The third-order valence-electron chi connectivity index (χ3n) is 7.32. The average molecular weight is 581 g/mol. The normalized spacial score (nSPS) is 18.4. The molecule has 2 aliphatic heterocycles. The molecule has 2 aliphatic rings. The van der Waals surface area contributed by atoms with E-state index in [2.05, 4.69) is 10.2 Å². The zero-order valence-electron chi connectivity index (χ0n) is 23.3. The molecule has 1 unspecified atom stereocenters. The fourth-order valence-electron chi connectivity index (χ4n) is 4.93. The third kappa shape index (κ3) is 6.98. The molecule has 0 radical (unpaired) electrons. The number of rotatable bonds is 5. The largest absolute Gasteiger partial charge is 0.447 e. The van der Waals surface area contributed by atoms with E-state index in [1.165, 1.54) is 17.0 Å². The second kappa shape index (κ2) is 12.1. The molecule has 41 heavy (non-hydrogen) atoms. The average Bonchev–Trinajstić information content (AvgIpc) is 2.90. The van der Waals surface area contributed by atoms with Crippen LogP contribution in [-0.4, -0.2) is 73.7 Å². The molecule has 0 spiro atoms. The number of piperazine rings is 1. The van der Waals surface area contributed by atoms with Gasteiger partial charge in [0.25, 0.3) is 5.91 Å². The molecule has 2 aromatic carbocycles. The molecule has 0 aliphatic carbocycles. The molecule has 7 nitrogen and oxygen atoms in total. The van der Waals surface area contributed by atoms with Crippen molar-refractivity contribution in [2.75, 3.05) is 50.0 Å². The van der Waals surface area contributed by atoms with Crippen molar-refractivity contribution in [1.29, 1.82) is 0 Å². The summed E-state index contributed by atoms with van der Waals surface area (Å²) in [5.41, 5.74) is -0.952. The Morgan fingerprint density at radius 3 is 2.41 bits per heavy atom. The molecule has 2 aromatic rings. The molecule has 1 atom stereocenters. The number of anilines is 2. The first-order valence-corrected chi connectivity index (χ1v) is 13.4. The highest BCUT2D eigenvalue weighted by Gasteiger charge is 2.36. The van der Waals surface area contributed by atoms with Gasteiger partial charge in [0, 0.05) is 44.3 Å². The number of carbonyl (C=O) groups excluding carboxylic acids is 2. The van der Waals surface area contributed by atoms with E-state index >= 15 is 4.39 Å². The van der Waals surface area contributed by atoms with Crippen molar-refractivity contribution in [3.05, 3.63) is 64.7 Å². The van der Waals surface area contributed by atoms with Crippen molar-refractivity contribution in [2.24, 2.45) is 0 Å². The van der Waals surface area contributed by atoms with Gasteiger partial charge in [0.15, 0.2) is 0 Å². The van der Waals surface area contributed by atoms with Crippen LogP contribution in [0.2, 0.25) is 0 Å². The van der Waals surface area contributed by atoms with E-state index in [9.17, 15) is 27.2 Å². The highest BCUT2D eigenvalue weighted by molar-refractivity contribution is 6.07. The number of nitrogens with one attached hydrogen (secondary N) is 1. The first kappa shape index (κ1) is 30.3. The maximum atomic E-state index is 15.6. The van der Waals surface area contributed by atoms with Gasteiger partial charge in [-0.2, -0.15) is 13.2 Å². The standard InChI is InChI=1S/C29H33F5N4O3/c1-17(2)41-28(40)37-9-7-19(8-10-37)22-14-25(26(15-24(22)31)38-12-11-36(4)18(3)16-38)35-27(39)21-6-5-20(30)13-23(21)29(32,33)34/h5-7,13-15,17-18H,8-12,16H2,1-4H3,(H,35,39). The molecule has 0 bridgehead atoms. The molecule has 4 rings (SSSR count). The summed E-state index contributed by atoms with van der Waals surface area (Å²) in [5.74, 6) is -2.79. The number of ether oxygens (including phenoxy) is 1. The van der Waals surface area contributed by atoms with Gasteiger partial charge in [-0.25, -0.2) is 13.6 Å². The summed E-state index contributed by atoms with van der Waals surface area (Å²) in [6, 6.07) is 4.63. The van der Waals surface area contributed by atoms with Gasteiger partial charge in [0.2, 0.25) is 0 Å². The second-order valence-corrected chi connectivity index (χ2v) is 10.6. The van der Waals surface area contributed by atoms with Crippen LogP contribution in [0.25, 0.3) is 5.57 Å². The van der Waals surface area contributed by atoms with Crippen molar-refractivity contribution in [2.45, 2.75) is 45.5 Å². The van der Waals surface area contributed by atoms with Crippen LogP contribution in [0.15, 0.2) is 36.4 Å². The van der Waals surface area contributed by atoms with Gasteiger partial charge in [0.05, 0.1) is 28.6 Å². The SMILES string of the molecule is CC(C)OC(=O)N1CC=C(c2cc(NC(=O)c3ccc(F)cc3C(F)(F)F)c(N3CCN(C)C(C)C3)cc2F)CC1. The Hall–Kier alpha value is -3.67. The van der Waals surface area contributed by atoms with E-state index in [0.29, 0.717) is 37.3 Å². The number of nitrogens with zero attached hydrogens (tertiary/aromatic N) is 3. The number of amides is 2. The van der Waals surface area contributed by atoms with E-state index in [-0.39, 0.29) is 42.6 Å². The predicted octanol–water partition coefficient (Wildman–Crippen LogP) is 6.01. The lowest BCUT2D eigenvalue weighted by atomic mass is 9.97. The summed E-state index contributed by atoms with van der Waals surface area (Å²) >= 11 is 0. The number of carbonyl (C=O) groups is 2. The Bertz CT molecular complexity index is 1340. The molecule has 12 heteroatoms. The van der Waals surface area contributed by atoms with Crippen molar-refractivity contribution in [3.8, 4) is 0 Å². The number of hydrogen-bond donors (Lipinski definition) is 1. The third-order valence-corrected chi connectivity index (χ3v) is 7.32. The topological polar surface area (TPSA) is 65.1 Å². The van der Waals surface area contributed by atoms with Crippen molar-refractivity contribution >= 4 is 28.9 Å². The minimum Gasteiger partial charge on any atom is -0.447 e. The Morgan fingerprint density at radius 1 is 1.07 bits per heavy atom. The molecule has 1 saturated heterocycles. The number of hydrogen-bond acceptors (Lipinski definition) is 5. The minimum atomic E-state index is -4.96. The number of likely N-dealkylation sites (N-methyl/N-ethyl adjacent to an activating group) is 1. The molecule has 1 N–H and O–H groups in total. The molecule has 0 saturated carbocycles. The van der Waals surface area contributed by atoms with Gasteiger partial charge in [-0.15, -0.1) is 0 Å². The Kier molecular flexibility index (Phi) is 8.91. The quantitative estimate of drug-likeness (QED) is 0.439. The van der Waals surface area contributed by atoms with Crippen LogP contribution < -0.4 is 10.2 Å². The van der Waals surface area contributed by atoms with Crippen molar-refractivity contribution in [3.63, 3.8) is 0 Å². The summed E-state index contributed by atoms with van der Waals surface area (Å²) in [4.78, 5) is 30.9. The smallest absolute Gasteiger partial charge is 0.417 e. The van der Waals surface area contributed by atoms with E-state index in [1.54, 1.807) is 19.9 Å². The van der Waals surface area contributed by atoms with E-state index in [1.807, 2.05) is 18.9 Å². The number of halogens is 5. The summed E-state index contributed by atoms with van der Waals surface area (Å²) in [6.07, 6.45) is -3.75. The fourth-order valence-corrected chi connectivity index (χ4v) is 4.93. The van der Waals surface area contributed by atoms with Gasteiger partial charge in [0.1, 0.15) is 11.6 Å². The van der Waals surface area contributed by atoms with Crippen LogP contribution in [0.5, 0.6) is 0 Å². The van der Waals surface area contributed by atoms with Crippen LogP contribution in [0.4, 0.5) is 38.1 Å². The van der Waals surface area contributed by atoms with Gasteiger partial charge in [-0.3, -0.25) is 4.79 Å². The summed E-state index contributed by atoms with van der Waals surface area (Å²) < 4.78 is 75.4. The van der Waals surface area contributed by atoms with Crippen LogP contribution in [0.3, 0.4) is 0 Å². The van der Waals surface area contributed by atoms with Crippen LogP contribution in [0.1, 0.15) is 48.7 Å². The molecule has 222 valence electrons. The highest BCUT2D eigenvalue weighted by atomic mass is 19.4. The molecular weight excluding hydrogens is 547 g/mol. The summed E-state index contributed by atoms with van der Waals surface area (Å²) in [6.45, 7) is 7.58. The minimum absolute atomic E-state index is 0.0987. The first-order chi connectivity index (χ1) is 19.2. The summed E-state index contributed by atoms with van der Waals surface area (Å²) in [7, 11) is 1.96. The molecule has 0 aromatic heterocycles. The van der Waals surface area contributed by atoms with Gasteiger partial charge in [-0.05, 0) is 70.1 Å². The first-order valence-electron chi connectivity index (χ1n) is 13.4. The molecule has 2 amide bonds.